The van der Waals surface area contributed by atoms with Crippen LogP contribution < -0.4 is 0 Å². The lowest BCUT2D eigenvalue weighted by Gasteiger charge is -2.31. The highest BCUT2D eigenvalue weighted by Gasteiger charge is 2.27. The number of carbonyl (C=O) groups excluding carboxylic acids is 2. The number of ether oxygens (including phenoxy) is 1. The van der Waals surface area contributed by atoms with Gasteiger partial charge in [-0.25, -0.2) is 0 Å². The second-order valence-corrected chi connectivity index (χ2v) is 12.0. The van der Waals surface area contributed by atoms with E-state index in [9.17, 15) is 9.59 Å². The van der Waals surface area contributed by atoms with Crippen molar-refractivity contribution in [3.8, 4) is 0 Å². The van der Waals surface area contributed by atoms with Gasteiger partial charge in [0.1, 0.15) is 5.52 Å². The molecule has 2 saturated carbocycles. The third-order valence-corrected chi connectivity index (χ3v) is 9.54. The number of hydrogen-bond acceptors (Lipinski definition) is 4. The van der Waals surface area contributed by atoms with Gasteiger partial charge in [-0.15, -0.1) is 0 Å². The number of morpholine rings is 1. The molecule has 212 valence electrons. The number of hydrogen-bond donors (Lipinski definition) is 0. The van der Waals surface area contributed by atoms with Gasteiger partial charge in [0.2, 0.25) is 0 Å². The van der Waals surface area contributed by atoms with Crippen LogP contribution in [0, 0.1) is 5.92 Å². The van der Waals surface area contributed by atoms with Crippen LogP contribution in [0.3, 0.4) is 0 Å². The molecule has 1 aromatic carbocycles. The zero-order valence-corrected chi connectivity index (χ0v) is 23.8. The van der Waals surface area contributed by atoms with E-state index < -0.39 is 0 Å². The highest BCUT2D eigenvalue weighted by Crippen LogP contribution is 2.37. The first-order chi connectivity index (χ1) is 19.6. The Morgan fingerprint density at radius 3 is 2.40 bits per heavy atom. The average molecular weight is 543 g/mol. The largest absolute Gasteiger partial charge is 0.378 e. The number of aromatic nitrogens is 2. The molecule has 0 spiro atoms. The molecular formula is C33H42N4O3. The fraction of sp³-hybridized carbons (Fsp3) is 0.545. The van der Waals surface area contributed by atoms with E-state index in [4.69, 9.17) is 4.74 Å². The molecule has 2 amide bonds. The fourth-order valence-corrected chi connectivity index (χ4v) is 7.06. The summed E-state index contributed by atoms with van der Waals surface area (Å²) < 4.78 is 7.69. The molecule has 0 radical (unpaired) electrons. The molecule has 1 aliphatic heterocycles. The molecule has 0 unspecified atom stereocenters. The molecule has 3 fully saturated rings. The van der Waals surface area contributed by atoms with Gasteiger partial charge in [0.25, 0.3) is 11.8 Å². The Labute approximate surface area is 237 Å². The molecule has 7 heteroatoms. The van der Waals surface area contributed by atoms with Gasteiger partial charge in [0, 0.05) is 50.7 Å². The number of benzene rings is 1. The standard InChI is InChI=1S/C33H42N4O3/c1-35(28-6-3-2-4-7-28)32(38)27-15-13-26(14-16-27)25-11-9-24(10-12-25)22-37-23-29(31-30(37)8-5-17-34-31)33(39)36-18-20-40-21-19-36/h5,8,13-17,23-25,28H,2-4,6-7,9-12,18-22H2,1H3. The van der Waals surface area contributed by atoms with Crippen molar-refractivity contribution in [2.45, 2.75) is 76.3 Å². The van der Waals surface area contributed by atoms with Crippen molar-refractivity contribution >= 4 is 22.8 Å². The van der Waals surface area contributed by atoms with Gasteiger partial charge < -0.3 is 19.1 Å². The number of amides is 2. The van der Waals surface area contributed by atoms with Crippen LogP contribution in [0.2, 0.25) is 0 Å². The Morgan fingerprint density at radius 2 is 1.68 bits per heavy atom. The van der Waals surface area contributed by atoms with Gasteiger partial charge in [0.15, 0.2) is 0 Å². The summed E-state index contributed by atoms with van der Waals surface area (Å²) in [6.07, 6.45) is 14.4. The summed E-state index contributed by atoms with van der Waals surface area (Å²) in [4.78, 5) is 34.8. The van der Waals surface area contributed by atoms with Crippen molar-refractivity contribution in [3.05, 3.63) is 65.5 Å². The van der Waals surface area contributed by atoms with Gasteiger partial charge in [-0.1, -0.05) is 31.4 Å². The van der Waals surface area contributed by atoms with Crippen molar-refractivity contribution < 1.29 is 14.3 Å². The van der Waals surface area contributed by atoms with E-state index in [-0.39, 0.29) is 11.8 Å². The average Bonchev–Trinajstić information content (AvgIpc) is 3.39. The summed E-state index contributed by atoms with van der Waals surface area (Å²) in [6, 6.07) is 12.9. The van der Waals surface area contributed by atoms with E-state index in [2.05, 4.69) is 27.8 Å². The molecule has 3 aromatic rings. The number of fused-ring (bicyclic) bond motifs is 1. The zero-order chi connectivity index (χ0) is 27.5. The topological polar surface area (TPSA) is 67.7 Å². The van der Waals surface area contributed by atoms with E-state index >= 15 is 0 Å². The summed E-state index contributed by atoms with van der Waals surface area (Å²) in [7, 11) is 1.97. The van der Waals surface area contributed by atoms with Crippen LogP contribution >= 0.6 is 0 Å². The molecule has 3 heterocycles. The van der Waals surface area contributed by atoms with E-state index in [1.807, 2.05) is 41.2 Å². The Morgan fingerprint density at radius 1 is 0.950 bits per heavy atom. The van der Waals surface area contributed by atoms with Crippen molar-refractivity contribution in [2.24, 2.45) is 5.92 Å². The molecule has 2 aliphatic carbocycles. The van der Waals surface area contributed by atoms with Crippen LogP contribution in [0.4, 0.5) is 0 Å². The summed E-state index contributed by atoms with van der Waals surface area (Å²) in [5, 5.41) is 0. The maximum absolute atomic E-state index is 13.3. The molecule has 1 saturated heterocycles. The van der Waals surface area contributed by atoms with Crippen molar-refractivity contribution in [1.82, 2.24) is 19.4 Å². The molecule has 2 aromatic heterocycles. The highest BCUT2D eigenvalue weighted by atomic mass is 16.5. The minimum atomic E-state index is 0.0568. The normalized spacial score (nSPS) is 22.4. The maximum Gasteiger partial charge on any atom is 0.257 e. The summed E-state index contributed by atoms with van der Waals surface area (Å²) >= 11 is 0. The quantitative estimate of drug-likeness (QED) is 0.390. The monoisotopic (exact) mass is 542 g/mol. The number of pyridine rings is 1. The fourth-order valence-electron chi connectivity index (χ4n) is 7.06. The zero-order valence-electron chi connectivity index (χ0n) is 23.8. The first-order valence-corrected chi connectivity index (χ1v) is 15.3. The van der Waals surface area contributed by atoms with Crippen LogP contribution in [-0.2, 0) is 11.3 Å². The molecular weight excluding hydrogens is 500 g/mol. The molecule has 40 heavy (non-hydrogen) atoms. The van der Waals surface area contributed by atoms with Gasteiger partial charge in [-0.05, 0) is 80.2 Å². The SMILES string of the molecule is CN(C(=O)c1ccc(C2CCC(Cn3cc(C(=O)N4CCOCC4)c4ncccc43)CC2)cc1)C1CCCCC1. The number of rotatable bonds is 6. The minimum Gasteiger partial charge on any atom is -0.378 e. The lowest BCUT2D eigenvalue weighted by molar-refractivity contribution is 0.0304. The van der Waals surface area contributed by atoms with E-state index in [1.165, 1.54) is 24.8 Å². The van der Waals surface area contributed by atoms with E-state index in [1.54, 1.807) is 6.20 Å². The van der Waals surface area contributed by atoms with Crippen LogP contribution in [0.1, 0.15) is 90.0 Å². The molecule has 0 bridgehead atoms. The Kier molecular flexibility index (Phi) is 8.19. The predicted molar refractivity (Wildman–Crippen MR) is 157 cm³/mol. The lowest BCUT2D eigenvalue weighted by Crippen LogP contribution is -2.40. The Hall–Kier alpha value is -3.19. The van der Waals surface area contributed by atoms with Crippen molar-refractivity contribution in [2.75, 3.05) is 33.4 Å². The van der Waals surface area contributed by atoms with Gasteiger partial charge in [-0.2, -0.15) is 0 Å². The highest BCUT2D eigenvalue weighted by molar-refractivity contribution is 6.05. The van der Waals surface area contributed by atoms with Crippen LogP contribution in [0.25, 0.3) is 11.0 Å². The van der Waals surface area contributed by atoms with Crippen LogP contribution in [-0.4, -0.2) is 70.6 Å². The van der Waals surface area contributed by atoms with E-state index in [0.29, 0.717) is 49.7 Å². The van der Waals surface area contributed by atoms with Crippen LogP contribution in [0.5, 0.6) is 0 Å². The molecule has 7 nitrogen and oxygen atoms in total. The molecule has 0 atom stereocenters. The second-order valence-electron chi connectivity index (χ2n) is 12.0. The summed E-state index contributed by atoms with van der Waals surface area (Å²) in [5.74, 6) is 1.32. The number of carbonyl (C=O) groups is 2. The second kappa shape index (κ2) is 12.1. The third kappa shape index (κ3) is 5.67. The Balaban J connectivity index is 1.07. The third-order valence-electron chi connectivity index (χ3n) is 9.54. The van der Waals surface area contributed by atoms with Crippen molar-refractivity contribution in [1.29, 1.82) is 0 Å². The Bertz CT molecular complexity index is 1310. The maximum atomic E-state index is 13.3. The van der Waals surface area contributed by atoms with Gasteiger partial charge >= 0.3 is 0 Å². The van der Waals surface area contributed by atoms with Crippen LogP contribution in [0.15, 0.2) is 48.8 Å². The lowest BCUT2D eigenvalue weighted by atomic mass is 9.78. The molecule has 6 rings (SSSR count). The smallest absolute Gasteiger partial charge is 0.257 e. The van der Waals surface area contributed by atoms with Gasteiger partial charge in [0.05, 0.1) is 24.3 Å². The molecule has 0 N–H and O–H groups in total. The summed E-state index contributed by atoms with van der Waals surface area (Å²) in [5.41, 5.74) is 4.71. The summed E-state index contributed by atoms with van der Waals surface area (Å²) in [6.45, 7) is 3.37. The van der Waals surface area contributed by atoms with Crippen molar-refractivity contribution in [3.63, 3.8) is 0 Å². The predicted octanol–water partition coefficient (Wildman–Crippen LogP) is 5.89. The van der Waals surface area contributed by atoms with Gasteiger partial charge in [-0.3, -0.25) is 14.6 Å². The first kappa shape index (κ1) is 27.0. The molecule has 3 aliphatic rings. The minimum absolute atomic E-state index is 0.0568. The first-order valence-electron chi connectivity index (χ1n) is 15.3. The van der Waals surface area contributed by atoms with E-state index in [0.717, 1.165) is 61.7 Å². The number of nitrogens with zero attached hydrogens (tertiary/aromatic N) is 4.